The van der Waals surface area contributed by atoms with Crippen LogP contribution in [0.15, 0.2) is 48.5 Å². The molecule has 0 unspecified atom stereocenters. The number of esters is 2. The zero-order chi connectivity index (χ0) is 42.1. The van der Waals surface area contributed by atoms with E-state index >= 15 is 0 Å². The average molecular weight is 900 g/mol. The molecule has 0 aliphatic heterocycles. The topological polar surface area (TPSA) is 133 Å². The van der Waals surface area contributed by atoms with E-state index in [4.69, 9.17) is 9.47 Å². The Morgan fingerprint density at radius 3 is 0.877 bits per heavy atom. The Balaban J connectivity index is -0.000000847. The van der Waals surface area contributed by atoms with Gasteiger partial charge >= 0.3 is 35.8 Å². The molecule has 9 heteroatoms. The molecule has 0 aromatic heterocycles. The minimum atomic E-state index is -1.36. The van der Waals surface area contributed by atoms with Crippen LogP contribution in [0.5, 0.6) is 0 Å². The summed E-state index contributed by atoms with van der Waals surface area (Å²) < 4.78 is 10.3. The van der Waals surface area contributed by atoms with Gasteiger partial charge in [0.1, 0.15) is 0 Å². The summed E-state index contributed by atoms with van der Waals surface area (Å²) in [7, 11) is 0. The molecule has 0 atom stereocenters. The maximum atomic E-state index is 11.9. The van der Waals surface area contributed by atoms with E-state index in [1.807, 2.05) is 0 Å². The minimum absolute atomic E-state index is 0. The monoisotopic (exact) mass is 900 g/mol. The summed E-state index contributed by atoms with van der Waals surface area (Å²) >= 11 is 0. The second kappa shape index (κ2) is 44.2. The van der Waals surface area contributed by atoms with Crippen LogP contribution in [0.1, 0.15) is 223 Å². The van der Waals surface area contributed by atoms with Crippen LogP contribution >= 0.6 is 0 Å². The van der Waals surface area contributed by atoms with Crippen molar-refractivity contribution >= 4 is 47.8 Å². The average Bonchev–Trinajstić information content (AvgIpc) is 3.22. The first kappa shape index (κ1) is 58.4. The van der Waals surface area contributed by atoms with E-state index in [0.29, 0.717) is 13.2 Å². The number of unbranched alkanes of at least 4 members (excludes halogenated alkanes) is 20. The van der Waals surface area contributed by atoms with Crippen molar-refractivity contribution in [3.8, 4) is 0 Å². The molecule has 0 aliphatic carbocycles. The van der Waals surface area contributed by atoms with Gasteiger partial charge in [-0.3, -0.25) is 0 Å². The normalized spacial score (nSPS) is 9.93. The third kappa shape index (κ3) is 34.8. The second-order valence-corrected chi connectivity index (χ2v) is 14.0. The standard InChI is InChI=1S/2C20H30O4.2C4H9.Sn/c2*1-2-3-4-5-6-7-8-9-10-13-16-24-20(23)18-15-12-11-14-17(18)19(21)22;2*1-3-4-2;/h2*11-12,14-15H,2-10,13,16H2,1H3,(H,21,22);2*1,3-4H2,2H3;/q;;;;+2/p-2. The minimum Gasteiger partial charge on any atom is -0.545 e. The van der Waals surface area contributed by atoms with Gasteiger partial charge in [-0.1, -0.05) is 219 Å². The number of carboxylic acid groups (broad SMARTS) is 2. The van der Waals surface area contributed by atoms with Crippen LogP contribution in [0.4, 0.5) is 0 Å². The van der Waals surface area contributed by atoms with Gasteiger partial charge < -0.3 is 29.3 Å². The van der Waals surface area contributed by atoms with Crippen molar-refractivity contribution in [3.05, 3.63) is 84.6 Å². The number of carboxylic acids is 2. The molecule has 8 nitrogen and oxygen atoms in total. The molecule has 2 rings (SSSR count). The van der Waals surface area contributed by atoms with E-state index in [1.54, 1.807) is 24.3 Å². The smallest absolute Gasteiger partial charge is 0.545 e. The molecule has 57 heavy (non-hydrogen) atoms. The van der Waals surface area contributed by atoms with Crippen LogP contribution in [0.2, 0.25) is 0 Å². The van der Waals surface area contributed by atoms with Crippen molar-refractivity contribution < 1.29 is 38.9 Å². The van der Waals surface area contributed by atoms with Gasteiger partial charge in [-0.05, 0) is 25.0 Å². The summed E-state index contributed by atoms with van der Waals surface area (Å²) in [6.07, 6.45) is 28.8. The third-order valence-electron chi connectivity index (χ3n) is 8.90. The van der Waals surface area contributed by atoms with E-state index in [-0.39, 0.29) is 46.2 Å². The first-order chi connectivity index (χ1) is 27.2. The predicted octanol–water partition coefficient (Wildman–Crippen LogP) is 11.1. The van der Waals surface area contributed by atoms with Crippen LogP contribution in [0.3, 0.4) is 0 Å². The van der Waals surface area contributed by atoms with E-state index in [1.165, 1.54) is 127 Å². The second-order valence-electron chi connectivity index (χ2n) is 14.0. The van der Waals surface area contributed by atoms with Crippen molar-refractivity contribution in [1.29, 1.82) is 0 Å². The van der Waals surface area contributed by atoms with Gasteiger partial charge in [0.05, 0.1) is 36.3 Å². The molecule has 2 aromatic rings. The van der Waals surface area contributed by atoms with Gasteiger partial charge in [-0.25, -0.2) is 9.59 Å². The molecule has 0 aliphatic rings. The Kier molecular flexibility index (Phi) is 45.3. The molecule has 0 saturated carbocycles. The van der Waals surface area contributed by atoms with Crippen molar-refractivity contribution in [1.82, 2.24) is 0 Å². The summed E-state index contributed by atoms with van der Waals surface area (Å²) in [5, 5.41) is 21.9. The molecular weight excluding hydrogens is 823 g/mol. The van der Waals surface area contributed by atoms with E-state index in [0.717, 1.165) is 51.4 Å². The molecule has 0 bridgehead atoms. The molecule has 4 radical (unpaired) electrons. The number of rotatable bonds is 28. The van der Waals surface area contributed by atoms with Crippen molar-refractivity contribution in [2.24, 2.45) is 0 Å². The number of aromatic carboxylic acids is 2. The van der Waals surface area contributed by atoms with Gasteiger partial charge in [0.25, 0.3) is 0 Å². The molecule has 2 aromatic carbocycles. The number of carbonyl (C=O) groups is 4. The quantitative estimate of drug-likeness (QED) is 0.0468. The molecule has 0 fully saturated rings. The SMILES string of the molecule is CCCCCCCCCCCCOC(=O)c1ccccc1C(=O)[O-].CCCCCCCCCCCCOC(=O)c1ccccc1C(=O)[O-].[CH2]CCC.[CH2]CCC.[Sn+2]. The molecule has 0 N–H and O–H groups in total. The summed E-state index contributed by atoms with van der Waals surface area (Å²) in [4.78, 5) is 45.8. The Hall–Kier alpha value is -2.88. The molecule has 0 spiro atoms. The molecule has 0 saturated heterocycles. The van der Waals surface area contributed by atoms with Crippen LogP contribution < -0.4 is 10.2 Å². The zero-order valence-electron chi connectivity index (χ0n) is 36.2. The van der Waals surface area contributed by atoms with Gasteiger partial charge in [0.2, 0.25) is 0 Å². The van der Waals surface area contributed by atoms with Gasteiger partial charge in [0.15, 0.2) is 0 Å². The summed E-state index contributed by atoms with van der Waals surface area (Å²) in [5.74, 6) is -3.90. The Morgan fingerprint density at radius 1 is 0.421 bits per heavy atom. The first-order valence-electron chi connectivity index (χ1n) is 21.7. The molecule has 320 valence electrons. The Bertz CT molecular complexity index is 1150. The number of hydrogen-bond acceptors (Lipinski definition) is 8. The molecule has 0 heterocycles. The maximum Gasteiger partial charge on any atom is 2.00 e. The van der Waals surface area contributed by atoms with Crippen LogP contribution in [-0.4, -0.2) is 61.0 Å². The summed E-state index contributed by atoms with van der Waals surface area (Å²) in [6, 6.07) is 12.0. The van der Waals surface area contributed by atoms with Crippen LogP contribution in [0.25, 0.3) is 0 Å². The first-order valence-corrected chi connectivity index (χ1v) is 21.7. The predicted molar refractivity (Wildman–Crippen MR) is 232 cm³/mol. The number of hydrogen-bond donors (Lipinski definition) is 0. The molecular formula is C48H76O8Sn. The summed E-state index contributed by atoms with van der Waals surface area (Å²) in [6.45, 7) is 16.6. The molecule has 0 amide bonds. The van der Waals surface area contributed by atoms with E-state index in [9.17, 15) is 29.4 Å². The number of ether oxygens (including phenoxy) is 2. The maximum absolute atomic E-state index is 11.9. The van der Waals surface area contributed by atoms with Crippen LogP contribution in [0, 0.1) is 13.8 Å². The fraction of sp³-hybridized carbons (Fsp3) is 0.625. The van der Waals surface area contributed by atoms with E-state index in [2.05, 4.69) is 41.5 Å². The largest absolute Gasteiger partial charge is 2.00 e. The fourth-order valence-electron chi connectivity index (χ4n) is 5.34. The van der Waals surface area contributed by atoms with Gasteiger partial charge in [-0.15, -0.1) is 0 Å². The van der Waals surface area contributed by atoms with Crippen molar-refractivity contribution in [2.45, 2.75) is 182 Å². The number of carbonyl (C=O) groups excluding carboxylic acids is 4. The fourth-order valence-corrected chi connectivity index (χ4v) is 5.34. The number of benzene rings is 2. The summed E-state index contributed by atoms with van der Waals surface area (Å²) in [5.41, 5.74) is -0.120. The van der Waals surface area contributed by atoms with Crippen LogP contribution in [-0.2, 0) is 9.47 Å². The third-order valence-corrected chi connectivity index (χ3v) is 8.90. The van der Waals surface area contributed by atoms with E-state index < -0.39 is 23.9 Å². The van der Waals surface area contributed by atoms with Crippen molar-refractivity contribution in [2.75, 3.05) is 13.2 Å². The van der Waals surface area contributed by atoms with Gasteiger partial charge in [-0.2, -0.15) is 0 Å². The van der Waals surface area contributed by atoms with Gasteiger partial charge in [0, 0.05) is 11.1 Å². The Morgan fingerprint density at radius 2 is 0.649 bits per heavy atom. The van der Waals surface area contributed by atoms with Crippen molar-refractivity contribution in [3.63, 3.8) is 0 Å². The Labute approximate surface area is 364 Å². The zero-order valence-corrected chi connectivity index (χ0v) is 39.0.